The van der Waals surface area contributed by atoms with Gasteiger partial charge in [0.2, 0.25) is 0 Å². The summed E-state index contributed by atoms with van der Waals surface area (Å²) in [5.74, 6) is -0.669. The number of nitrogens with zero attached hydrogens (tertiary/aromatic N) is 3. The van der Waals surface area contributed by atoms with E-state index in [4.69, 9.17) is 0 Å². The molecule has 8 heteroatoms. The fourth-order valence-corrected chi connectivity index (χ4v) is 1.17. The first-order chi connectivity index (χ1) is 8.99. The predicted molar refractivity (Wildman–Crippen MR) is 75.9 cm³/mol. The van der Waals surface area contributed by atoms with Gasteiger partial charge < -0.3 is 20.2 Å². The van der Waals surface area contributed by atoms with Crippen LogP contribution in [0.5, 0.6) is 0 Å². The van der Waals surface area contributed by atoms with Gasteiger partial charge >= 0.3 is 56.6 Å². The van der Waals surface area contributed by atoms with E-state index in [9.17, 15) is 10.2 Å². The topological polar surface area (TPSA) is 83.7 Å². The smallest absolute Gasteiger partial charge is 0.913 e. The summed E-state index contributed by atoms with van der Waals surface area (Å²) in [5, 5.41) is 23.5. The number of hydrogen-bond donors (Lipinski definition) is 0. The van der Waals surface area contributed by atoms with Gasteiger partial charge in [-0.1, -0.05) is 20.8 Å². The van der Waals surface area contributed by atoms with Crippen molar-refractivity contribution in [2.45, 2.75) is 47.1 Å². The van der Waals surface area contributed by atoms with Crippen LogP contribution in [0.15, 0.2) is 22.2 Å². The molecule has 23 heavy (non-hydrogen) atoms. The molecule has 0 radical (unpaired) electrons. The third-order valence-electron chi connectivity index (χ3n) is 2.19. The largest absolute Gasteiger partial charge is 1.00 e. The SMILES string of the molecule is CC(C)(C)N=C([O-])c1[c-]cc(N=C([O-])C(C)(C)C)cn1.[Li+].[Li+].[Li+]. The molecule has 1 rings (SSSR count). The third kappa shape index (κ3) is 10.4. The van der Waals surface area contributed by atoms with Crippen LogP contribution in [0.25, 0.3) is 0 Å². The molecule has 1 heterocycles. The molecule has 0 aliphatic carbocycles. The first kappa shape index (κ1) is 27.7. The first-order valence-corrected chi connectivity index (χ1v) is 6.40. The maximum atomic E-state index is 11.8. The van der Waals surface area contributed by atoms with Crippen molar-refractivity contribution in [2.24, 2.45) is 15.4 Å². The standard InChI is InChI=1S/C15H22N3O2.3Li/c1-14(2,3)13(20)17-10-7-8-11(16-9-10)12(19)18-15(4,5)6;;;/h7,9H,1-6H3,(H,17,20)(H,18,19);;;/q-1;3*+1/p-2. The molecule has 0 aliphatic rings. The molecular formula is C15H20Li3N3O2. The van der Waals surface area contributed by atoms with Crippen LogP contribution in [0.1, 0.15) is 47.2 Å². The van der Waals surface area contributed by atoms with Gasteiger partial charge in [0.25, 0.3) is 0 Å². The molecule has 0 aliphatic heterocycles. The minimum Gasteiger partial charge on any atom is -0.913 e. The Balaban J connectivity index is -0.00000133. The van der Waals surface area contributed by atoms with Gasteiger partial charge in [-0.05, 0) is 49.7 Å². The van der Waals surface area contributed by atoms with Gasteiger partial charge in [-0.2, -0.15) is 6.07 Å². The Labute approximate surface area is 175 Å². The van der Waals surface area contributed by atoms with Gasteiger partial charge in [0.1, 0.15) is 0 Å². The van der Waals surface area contributed by atoms with Crippen molar-refractivity contribution < 1.29 is 66.8 Å². The van der Waals surface area contributed by atoms with Crippen molar-refractivity contribution >= 4 is 17.5 Å². The maximum absolute atomic E-state index is 11.8. The zero-order chi connectivity index (χ0) is 15.6. The van der Waals surface area contributed by atoms with Crippen molar-refractivity contribution in [3.63, 3.8) is 0 Å². The van der Waals surface area contributed by atoms with E-state index in [1.807, 2.05) is 20.8 Å². The maximum Gasteiger partial charge on any atom is 1.00 e. The van der Waals surface area contributed by atoms with Crippen molar-refractivity contribution in [3.8, 4) is 0 Å². The summed E-state index contributed by atoms with van der Waals surface area (Å²) in [4.78, 5) is 11.9. The molecule has 0 spiro atoms. The second-order valence-electron chi connectivity index (χ2n) is 6.58. The van der Waals surface area contributed by atoms with Crippen molar-refractivity contribution in [2.75, 3.05) is 0 Å². The fourth-order valence-electron chi connectivity index (χ4n) is 1.17. The van der Waals surface area contributed by atoms with E-state index in [0.717, 1.165) is 0 Å². The molecule has 1 aromatic rings. The van der Waals surface area contributed by atoms with E-state index in [1.54, 1.807) is 20.8 Å². The number of hydrogen-bond acceptors (Lipinski definition) is 5. The van der Waals surface area contributed by atoms with Crippen LogP contribution < -0.4 is 66.8 Å². The van der Waals surface area contributed by atoms with Crippen LogP contribution in [0.4, 0.5) is 5.69 Å². The quantitative estimate of drug-likeness (QED) is 0.235. The van der Waals surface area contributed by atoms with Gasteiger partial charge in [0.15, 0.2) is 0 Å². The number of rotatable bonds is 2. The second-order valence-corrected chi connectivity index (χ2v) is 6.58. The average molecular weight is 295 g/mol. The summed E-state index contributed by atoms with van der Waals surface area (Å²) in [6.07, 6.45) is 1.38. The van der Waals surface area contributed by atoms with Crippen LogP contribution in [0.2, 0.25) is 0 Å². The zero-order valence-electron chi connectivity index (χ0n) is 15.8. The minimum absolute atomic E-state index is 0. The van der Waals surface area contributed by atoms with Crippen LogP contribution in [-0.4, -0.2) is 22.3 Å². The molecule has 0 fully saturated rings. The Bertz CT molecular complexity index is 530. The molecule has 0 unspecified atom stereocenters. The van der Waals surface area contributed by atoms with Crippen LogP contribution in [0, 0.1) is 11.5 Å². The van der Waals surface area contributed by atoms with E-state index in [1.165, 1.54) is 12.3 Å². The molecule has 0 bridgehead atoms. The molecule has 0 saturated carbocycles. The second kappa shape index (κ2) is 10.7. The van der Waals surface area contributed by atoms with E-state index < -0.39 is 16.9 Å². The molecule has 0 aromatic carbocycles. The van der Waals surface area contributed by atoms with Crippen molar-refractivity contribution in [1.29, 1.82) is 0 Å². The van der Waals surface area contributed by atoms with E-state index in [-0.39, 0.29) is 68.2 Å². The minimum atomic E-state index is -0.546. The van der Waals surface area contributed by atoms with Gasteiger partial charge in [-0.15, -0.1) is 12.0 Å². The van der Waals surface area contributed by atoms with Crippen LogP contribution >= 0.6 is 0 Å². The molecular weight excluding hydrogens is 275 g/mol. The Morgan fingerprint density at radius 2 is 1.57 bits per heavy atom. The predicted octanol–water partition coefficient (Wildman–Crippen LogP) is -7.76. The Kier molecular flexibility index (Phi) is 12.9. The Hall–Kier alpha value is -0.118. The number of aliphatic imine (C=N–C) groups is 2. The molecule has 0 N–H and O–H groups in total. The summed E-state index contributed by atoms with van der Waals surface area (Å²) in [6, 6.07) is 4.19. The number of aromatic nitrogens is 1. The van der Waals surface area contributed by atoms with Gasteiger partial charge in [0.05, 0.1) is 0 Å². The van der Waals surface area contributed by atoms with Crippen molar-refractivity contribution in [1.82, 2.24) is 4.98 Å². The fraction of sp³-hybridized carbons (Fsp3) is 0.533. The summed E-state index contributed by atoms with van der Waals surface area (Å²) >= 11 is 0. The van der Waals surface area contributed by atoms with Crippen LogP contribution in [0.3, 0.4) is 0 Å². The van der Waals surface area contributed by atoms with Gasteiger partial charge in [-0.3, -0.25) is 4.98 Å². The third-order valence-corrected chi connectivity index (χ3v) is 2.19. The van der Waals surface area contributed by atoms with Gasteiger partial charge in [-0.25, -0.2) is 0 Å². The van der Waals surface area contributed by atoms with Crippen LogP contribution in [-0.2, 0) is 0 Å². The molecule has 0 amide bonds. The Morgan fingerprint density at radius 3 is 1.91 bits per heavy atom. The summed E-state index contributed by atoms with van der Waals surface area (Å²) < 4.78 is 0. The normalized spacial score (nSPS) is 12.6. The Morgan fingerprint density at radius 1 is 1.04 bits per heavy atom. The number of pyridine rings is 1. The monoisotopic (exact) mass is 295 g/mol. The molecule has 0 atom stereocenters. The molecule has 110 valence electrons. The average Bonchev–Trinajstić information content (AvgIpc) is 2.26. The molecule has 1 aromatic heterocycles. The van der Waals surface area contributed by atoms with E-state index >= 15 is 0 Å². The summed E-state index contributed by atoms with van der Waals surface area (Å²) in [5.41, 5.74) is -0.493. The zero-order valence-corrected chi connectivity index (χ0v) is 15.8. The first-order valence-electron chi connectivity index (χ1n) is 6.40. The molecule has 5 nitrogen and oxygen atoms in total. The summed E-state index contributed by atoms with van der Waals surface area (Å²) in [6.45, 7) is 10.9. The summed E-state index contributed by atoms with van der Waals surface area (Å²) in [7, 11) is 0. The van der Waals surface area contributed by atoms with E-state index in [2.05, 4.69) is 21.0 Å². The van der Waals surface area contributed by atoms with Crippen molar-refractivity contribution in [3.05, 3.63) is 24.0 Å². The molecule has 0 saturated heterocycles. The van der Waals surface area contributed by atoms with Gasteiger partial charge in [0, 0.05) is 5.54 Å². The van der Waals surface area contributed by atoms with E-state index in [0.29, 0.717) is 5.69 Å².